The number of rotatable bonds is 3. The average molecular weight is 416 g/mol. The molecule has 21 heavy (non-hydrogen) atoms. The molecule has 0 saturated carbocycles. The van der Waals surface area contributed by atoms with E-state index < -0.39 is 15.8 Å². The fraction of sp³-hybridized carbons (Fsp3) is 0. The summed E-state index contributed by atoms with van der Waals surface area (Å²) in [5, 5.41) is -0.261. The number of nitrogens with two attached hydrogens (primary N) is 1. The fourth-order valence-corrected chi connectivity index (χ4v) is 3.84. The Balaban J connectivity index is 2.45. The first-order valence-corrected chi connectivity index (χ1v) is 8.19. The molecule has 1 aromatic heterocycles. The van der Waals surface area contributed by atoms with Crippen LogP contribution in [0.5, 0.6) is 0 Å². The van der Waals surface area contributed by atoms with Crippen LogP contribution >= 0.6 is 39.1 Å². The van der Waals surface area contributed by atoms with Gasteiger partial charge < -0.3 is 5.73 Å². The summed E-state index contributed by atoms with van der Waals surface area (Å²) in [4.78, 5) is 7.00. The van der Waals surface area contributed by atoms with Crippen molar-refractivity contribution >= 4 is 60.7 Å². The van der Waals surface area contributed by atoms with Gasteiger partial charge in [0.05, 0.1) is 5.69 Å². The molecule has 0 aliphatic rings. The van der Waals surface area contributed by atoms with E-state index in [-0.39, 0.29) is 31.3 Å². The lowest BCUT2D eigenvalue weighted by Gasteiger charge is -2.10. The van der Waals surface area contributed by atoms with Crippen LogP contribution in [0.3, 0.4) is 0 Å². The molecule has 0 bridgehead atoms. The Hall–Kier alpha value is -1.16. The second-order valence-corrected chi connectivity index (χ2v) is 6.99. The zero-order chi connectivity index (χ0) is 15.8. The largest absolute Gasteiger partial charge is 0.396 e. The van der Waals surface area contributed by atoms with Crippen LogP contribution in [0.15, 0.2) is 27.6 Å². The summed E-state index contributed by atoms with van der Waals surface area (Å²) in [6.45, 7) is 0. The molecule has 1 heterocycles. The fourth-order valence-electron chi connectivity index (χ4n) is 1.39. The van der Waals surface area contributed by atoms with Crippen molar-refractivity contribution in [3.8, 4) is 0 Å². The molecule has 0 unspecified atom stereocenters. The standard InChI is InChI=1S/C10H6BrCl2FN4O2S/c11-4-1-5(14)6(15)2-7(4)21(19,20)18-9-3-8(12)16-10(13)17-9/h1-3H,15H2,(H,16,17,18). The van der Waals surface area contributed by atoms with Crippen molar-refractivity contribution in [1.82, 2.24) is 9.97 Å². The van der Waals surface area contributed by atoms with Crippen molar-refractivity contribution in [1.29, 1.82) is 0 Å². The molecule has 0 aliphatic carbocycles. The summed E-state index contributed by atoms with van der Waals surface area (Å²) in [7, 11) is -4.07. The van der Waals surface area contributed by atoms with Crippen molar-refractivity contribution in [3.63, 3.8) is 0 Å². The normalized spacial score (nSPS) is 11.4. The van der Waals surface area contributed by atoms with Gasteiger partial charge in [-0.2, -0.15) is 4.98 Å². The Morgan fingerprint density at radius 1 is 1.24 bits per heavy atom. The SMILES string of the molecule is Nc1cc(S(=O)(=O)Nc2cc(Cl)nc(Cl)n2)c(Br)cc1F. The maximum absolute atomic E-state index is 13.3. The van der Waals surface area contributed by atoms with Gasteiger partial charge >= 0.3 is 0 Å². The van der Waals surface area contributed by atoms with E-state index in [4.69, 9.17) is 28.9 Å². The van der Waals surface area contributed by atoms with Crippen molar-refractivity contribution in [3.05, 3.63) is 38.9 Å². The Labute approximate surface area is 137 Å². The summed E-state index contributed by atoms with van der Waals surface area (Å²) in [5.41, 5.74) is 5.06. The lowest BCUT2D eigenvalue weighted by Crippen LogP contribution is -2.15. The minimum Gasteiger partial charge on any atom is -0.396 e. The molecule has 0 saturated heterocycles. The molecule has 0 fully saturated rings. The van der Waals surface area contributed by atoms with Gasteiger partial charge in [0.1, 0.15) is 21.7 Å². The highest BCUT2D eigenvalue weighted by atomic mass is 79.9. The lowest BCUT2D eigenvalue weighted by molar-refractivity contribution is 0.599. The summed E-state index contributed by atoms with van der Waals surface area (Å²) < 4.78 is 39.9. The highest BCUT2D eigenvalue weighted by Gasteiger charge is 2.21. The number of sulfonamides is 1. The monoisotopic (exact) mass is 414 g/mol. The van der Waals surface area contributed by atoms with Crippen LogP contribution in [0.2, 0.25) is 10.4 Å². The molecule has 0 radical (unpaired) electrons. The van der Waals surface area contributed by atoms with Gasteiger partial charge in [-0.05, 0) is 39.7 Å². The zero-order valence-electron chi connectivity index (χ0n) is 9.94. The van der Waals surface area contributed by atoms with Crippen LogP contribution in [0.1, 0.15) is 0 Å². The second kappa shape index (κ2) is 5.91. The van der Waals surface area contributed by atoms with E-state index in [9.17, 15) is 12.8 Å². The molecule has 3 N–H and O–H groups in total. The van der Waals surface area contributed by atoms with Crippen LogP contribution < -0.4 is 10.5 Å². The summed E-state index contributed by atoms with van der Waals surface area (Å²) >= 11 is 14.2. The maximum atomic E-state index is 13.3. The van der Waals surface area contributed by atoms with Crippen molar-refractivity contribution in [2.45, 2.75) is 4.90 Å². The Bertz CT molecular complexity index is 799. The second-order valence-electron chi connectivity index (χ2n) is 3.75. The number of hydrogen-bond donors (Lipinski definition) is 2. The number of halogens is 4. The zero-order valence-corrected chi connectivity index (χ0v) is 13.9. The third kappa shape index (κ3) is 3.73. The molecule has 0 atom stereocenters. The first-order chi connectivity index (χ1) is 9.69. The van der Waals surface area contributed by atoms with E-state index in [2.05, 4.69) is 30.6 Å². The number of hydrogen-bond acceptors (Lipinski definition) is 5. The van der Waals surface area contributed by atoms with Crippen LogP contribution in [0.25, 0.3) is 0 Å². The number of nitrogens with one attached hydrogen (secondary N) is 1. The molecule has 11 heteroatoms. The Morgan fingerprint density at radius 2 is 1.90 bits per heavy atom. The maximum Gasteiger partial charge on any atom is 0.264 e. The van der Waals surface area contributed by atoms with Crippen LogP contribution in [-0.4, -0.2) is 18.4 Å². The molecule has 2 rings (SSSR count). The van der Waals surface area contributed by atoms with Crippen LogP contribution in [0.4, 0.5) is 15.9 Å². The van der Waals surface area contributed by atoms with E-state index in [1.807, 2.05) is 0 Å². The molecule has 6 nitrogen and oxygen atoms in total. The molecule has 2 aromatic rings. The van der Waals surface area contributed by atoms with Gasteiger partial charge in [-0.15, -0.1) is 0 Å². The minimum atomic E-state index is -4.07. The third-order valence-corrected chi connectivity index (χ3v) is 4.92. The smallest absolute Gasteiger partial charge is 0.264 e. The summed E-state index contributed by atoms with van der Waals surface area (Å²) in [6.07, 6.45) is 0. The van der Waals surface area contributed by atoms with E-state index in [1.165, 1.54) is 6.07 Å². The van der Waals surface area contributed by atoms with Gasteiger partial charge in [-0.25, -0.2) is 17.8 Å². The van der Waals surface area contributed by atoms with Gasteiger partial charge in [-0.3, -0.25) is 4.72 Å². The number of anilines is 2. The molecular formula is C10H6BrCl2FN4O2S. The molecule has 112 valence electrons. The molecule has 0 aliphatic heterocycles. The summed E-state index contributed by atoms with van der Waals surface area (Å²) in [6, 6.07) is 3.10. The van der Waals surface area contributed by atoms with Gasteiger partial charge in [0, 0.05) is 10.5 Å². The van der Waals surface area contributed by atoms with Crippen molar-refractivity contribution < 1.29 is 12.8 Å². The van der Waals surface area contributed by atoms with E-state index in [0.29, 0.717) is 0 Å². The summed E-state index contributed by atoms with van der Waals surface area (Å²) in [5.74, 6) is -0.872. The van der Waals surface area contributed by atoms with Crippen molar-refractivity contribution in [2.24, 2.45) is 0 Å². The highest BCUT2D eigenvalue weighted by molar-refractivity contribution is 9.10. The minimum absolute atomic E-state index is 0.00736. The van der Waals surface area contributed by atoms with E-state index in [0.717, 1.165) is 12.1 Å². The van der Waals surface area contributed by atoms with Gasteiger partial charge in [-0.1, -0.05) is 11.6 Å². The van der Waals surface area contributed by atoms with Gasteiger partial charge in [0.25, 0.3) is 10.0 Å². The first kappa shape index (κ1) is 16.2. The predicted octanol–water partition coefficient (Wildman–Crippen LogP) is 3.07. The first-order valence-electron chi connectivity index (χ1n) is 5.16. The third-order valence-electron chi connectivity index (χ3n) is 2.25. The number of nitrogen functional groups attached to an aromatic ring is 1. The molecular weight excluding hydrogens is 410 g/mol. The Morgan fingerprint density at radius 3 is 2.52 bits per heavy atom. The van der Waals surface area contributed by atoms with E-state index in [1.54, 1.807) is 0 Å². The van der Waals surface area contributed by atoms with Gasteiger partial charge in [0.2, 0.25) is 5.28 Å². The quantitative estimate of drug-likeness (QED) is 0.456. The molecule has 0 spiro atoms. The molecule has 0 amide bonds. The van der Waals surface area contributed by atoms with Crippen LogP contribution in [0, 0.1) is 5.82 Å². The topological polar surface area (TPSA) is 98.0 Å². The van der Waals surface area contributed by atoms with Gasteiger partial charge in [0.15, 0.2) is 0 Å². The van der Waals surface area contributed by atoms with Crippen molar-refractivity contribution in [2.75, 3.05) is 10.5 Å². The highest BCUT2D eigenvalue weighted by Crippen LogP contribution is 2.28. The number of benzene rings is 1. The average Bonchev–Trinajstić information content (AvgIpc) is 2.31. The van der Waals surface area contributed by atoms with E-state index >= 15 is 0 Å². The van der Waals surface area contributed by atoms with Crippen LogP contribution in [-0.2, 0) is 10.0 Å². The number of nitrogens with zero attached hydrogens (tertiary/aromatic N) is 2. The molecule has 1 aromatic carbocycles. The Kier molecular flexibility index (Phi) is 4.57. The predicted molar refractivity (Wildman–Crippen MR) is 81.4 cm³/mol. The lowest BCUT2D eigenvalue weighted by atomic mass is 10.3. The number of aromatic nitrogens is 2.